The SMILES string of the molecule is C=C(C)COCCCCCCCCCCCOc1ccc(/N=N/c2ccc([N+](=O)[O-])cc2)cc1. The van der Waals surface area contributed by atoms with Crippen molar-refractivity contribution in [2.24, 2.45) is 10.2 Å². The van der Waals surface area contributed by atoms with Gasteiger partial charge in [-0.05, 0) is 56.2 Å². The van der Waals surface area contributed by atoms with Crippen LogP contribution in [0.3, 0.4) is 0 Å². The summed E-state index contributed by atoms with van der Waals surface area (Å²) in [5, 5.41) is 18.9. The molecule has 2 aromatic carbocycles. The maximum Gasteiger partial charge on any atom is 0.269 e. The fourth-order valence-electron chi connectivity index (χ4n) is 3.35. The molecule has 0 saturated heterocycles. The van der Waals surface area contributed by atoms with Crippen molar-refractivity contribution in [2.45, 2.75) is 64.7 Å². The minimum Gasteiger partial charge on any atom is -0.494 e. The third-order valence-corrected chi connectivity index (χ3v) is 5.23. The summed E-state index contributed by atoms with van der Waals surface area (Å²) in [6, 6.07) is 13.4. The molecular formula is C27H37N3O4. The van der Waals surface area contributed by atoms with Crippen molar-refractivity contribution >= 4 is 17.1 Å². The standard InChI is InChI=1S/C27H37N3O4/c1-23(2)22-33-20-10-8-6-4-3-5-7-9-11-21-34-27-18-14-25(15-19-27)29-28-24-12-16-26(17-13-24)30(31)32/h12-19H,1,3-11,20-22H2,2H3/b29-28+. The molecule has 0 aliphatic rings. The smallest absolute Gasteiger partial charge is 0.269 e. The van der Waals surface area contributed by atoms with Crippen LogP contribution in [-0.4, -0.2) is 24.7 Å². The lowest BCUT2D eigenvalue weighted by Gasteiger charge is -2.06. The van der Waals surface area contributed by atoms with E-state index in [0.29, 0.717) is 24.6 Å². The predicted molar refractivity (Wildman–Crippen MR) is 136 cm³/mol. The summed E-state index contributed by atoms with van der Waals surface area (Å²) >= 11 is 0. The van der Waals surface area contributed by atoms with E-state index in [2.05, 4.69) is 16.8 Å². The van der Waals surface area contributed by atoms with Crippen LogP contribution in [0.1, 0.15) is 64.7 Å². The highest BCUT2D eigenvalue weighted by Crippen LogP contribution is 2.23. The highest BCUT2D eigenvalue weighted by Gasteiger charge is 2.03. The Morgan fingerprint density at radius 1 is 0.794 bits per heavy atom. The van der Waals surface area contributed by atoms with Gasteiger partial charge in [-0.3, -0.25) is 10.1 Å². The van der Waals surface area contributed by atoms with Gasteiger partial charge in [-0.25, -0.2) is 0 Å². The molecule has 0 aliphatic carbocycles. The molecule has 184 valence electrons. The van der Waals surface area contributed by atoms with Crippen molar-refractivity contribution in [3.63, 3.8) is 0 Å². The van der Waals surface area contributed by atoms with E-state index < -0.39 is 4.92 Å². The van der Waals surface area contributed by atoms with E-state index >= 15 is 0 Å². The summed E-state index contributed by atoms with van der Waals surface area (Å²) in [5.41, 5.74) is 2.39. The molecule has 0 unspecified atom stereocenters. The van der Waals surface area contributed by atoms with Gasteiger partial charge in [0, 0.05) is 18.7 Å². The molecule has 7 nitrogen and oxygen atoms in total. The van der Waals surface area contributed by atoms with Crippen LogP contribution >= 0.6 is 0 Å². The zero-order valence-electron chi connectivity index (χ0n) is 20.3. The summed E-state index contributed by atoms with van der Waals surface area (Å²) in [6.07, 6.45) is 11.1. The molecule has 2 aromatic rings. The quantitative estimate of drug-likeness (QED) is 0.0723. The number of nitro benzene ring substituents is 1. The van der Waals surface area contributed by atoms with Crippen molar-refractivity contribution < 1.29 is 14.4 Å². The summed E-state index contributed by atoms with van der Waals surface area (Å²) in [5.74, 6) is 0.821. The molecule has 0 atom stereocenters. The zero-order valence-corrected chi connectivity index (χ0v) is 20.3. The van der Waals surface area contributed by atoms with E-state index in [1.165, 1.54) is 57.1 Å². The number of rotatable bonds is 18. The minimum absolute atomic E-state index is 0.0347. The molecule has 34 heavy (non-hydrogen) atoms. The van der Waals surface area contributed by atoms with Gasteiger partial charge in [0.05, 0.1) is 29.5 Å². The van der Waals surface area contributed by atoms with Crippen molar-refractivity contribution in [1.82, 2.24) is 0 Å². The van der Waals surface area contributed by atoms with E-state index in [-0.39, 0.29) is 5.69 Å². The molecule has 0 N–H and O–H groups in total. The Morgan fingerprint density at radius 2 is 1.26 bits per heavy atom. The lowest BCUT2D eigenvalue weighted by molar-refractivity contribution is -0.384. The number of azo groups is 1. The first kappa shape index (κ1) is 27.2. The molecule has 0 saturated carbocycles. The van der Waals surface area contributed by atoms with E-state index in [1.54, 1.807) is 12.1 Å². The Kier molecular flexibility index (Phi) is 13.2. The van der Waals surface area contributed by atoms with Gasteiger partial charge in [-0.2, -0.15) is 10.2 Å². The molecule has 7 heteroatoms. The van der Waals surface area contributed by atoms with Gasteiger partial charge in [0.25, 0.3) is 5.69 Å². The van der Waals surface area contributed by atoms with Gasteiger partial charge < -0.3 is 9.47 Å². The molecule has 0 aliphatic heterocycles. The lowest BCUT2D eigenvalue weighted by Crippen LogP contribution is -1.97. The number of hydrogen-bond donors (Lipinski definition) is 0. The molecule has 0 aromatic heterocycles. The predicted octanol–water partition coefficient (Wildman–Crippen LogP) is 8.49. The fraction of sp³-hybridized carbons (Fsp3) is 0.481. The first-order chi connectivity index (χ1) is 16.5. The van der Waals surface area contributed by atoms with E-state index in [4.69, 9.17) is 9.47 Å². The van der Waals surface area contributed by atoms with E-state index in [0.717, 1.165) is 30.8 Å². The third-order valence-electron chi connectivity index (χ3n) is 5.23. The lowest BCUT2D eigenvalue weighted by atomic mass is 10.1. The van der Waals surface area contributed by atoms with Crippen LogP contribution in [0.4, 0.5) is 17.1 Å². The number of non-ortho nitro benzene ring substituents is 1. The number of ether oxygens (including phenoxy) is 2. The molecule has 0 bridgehead atoms. The summed E-state index contributed by atoms with van der Waals surface area (Å²) in [7, 11) is 0. The largest absolute Gasteiger partial charge is 0.494 e. The van der Waals surface area contributed by atoms with Crippen LogP contribution in [0, 0.1) is 10.1 Å². The molecule has 0 amide bonds. The van der Waals surface area contributed by atoms with Crippen LogP contribution in [0.15, 0.2) is 70.9 Å². The summed E-state index contributed by atoms with van der Waals surface area (Å²) < 4.78 is 11.3. The first-order valence-corrected chi connectivity index (χ1v) is 12.2. The maximum absolute atomic E-state index is 10.7. The van der Waals surface area contributed by atoms with Crippen LogP contribution in [0.25, 0.3) is 0 Å². The monoisotopic (exact) mass is 467 g/mol. The van der Waals surface area contributed by atoms with Gasteiger partial charge in [0.2, 0.25) is 0 Å². The zero-order chi connectivity index (χ0) is 24.4. The Hall–Kier alpha value is -3.06. The Bertz CT molecular complexity index is 880. The van der Waals surface area contributed by atoms with Crippen LogP contribution in [0.5, 0.6) is 5.75 Å². The average molecular weight is 468 g/mol. The highest BCUT2D eigenvalue weighted by atomic mass is 16.6. The highest BCUT2D eigenvalue weighted by molar-refractivity contribution is 5.45. The number of benzene rings is 2. The van der Waals surface area contributed by atoms with Crippen molar-refractivity contribution in [3.05, 3.63) is 70.8 Å². The van der Waals surface area contributed by atoms with Gasteiger partial charge >= 0.3 is 0 Å². The maximum atomic E-state index is 10.7. The molecule has 0 fully saturated rings. The van der Waals surface area contributed by atoms with Crippen molar-refractivity contribution in [2.75, 3.05) is 19.8 Å². The molecule has 0 heterocycles. The molecule has 0 radical (unpaired) electrons. The number of nitrogens with zero attached hydrogens (tertiary/aromatic N) is 3. The second-order valence-electron chi connectivity index (χ2n) is 8.51. The second-order valence-corrected chi connectivity index (χ2v) is 8.51. The average Bonchev–Trinajstić information content (AvgIpc) is 2.83. The van der Waals surface area contributed by atoms with E-state index in [1.807, 2.05) is 31.2 Å². The summed E-state index contributed by atoms with van der Waals surface area (Å²) in [4.78, 5) is 10.2. The fourth-order valence-corrected chi connectivity index (χ4v) is 3.35. The minimum atomic E-state index is -0.438. The second kappa shape index (κ2) is 16.5. The van der Waals surface area contributed by atoms with Crippen LogP contribution in [0.2, 0.25) is 0 Å². The number of nitro groups is 1. The molecular weight excluding hydrogens is 430 g/mol. The van der Waals surface area contributed by atoms with Crippen LogP contribution in [-0.2, 0) is 4.74 Å². The van der Waals surface area contributed by atoms with Gasteiger partial charge in [-0.15, -0.1) is 0 Å². The van der Waals surface area contributed by atoms with Crippen molar-refractivity contribution in [3.8, 4) is 5.75 Å². The third kappa shape index (κ3) is 12.3. The molecule has 0 spiro atoms. The summed E-state index contributed by atoms with van der Waals surface area (Å²) in [6.45, 7) is 8.08. The Balaban J connectivity index is 1.48. The van der Waals surface area contributed by atoms with E-state index in [9.17, 15) is 10.1 Å². The van der Waals surface area contributed by atoms with Gasteiger partial charge in [0.15, 0.2) is 0 Å². The molecule has 2 rings (SSSR count). The van der Waals surface area contributed by atoms with Gasteiger partial charge in [0.1, 0.15) is 5.75 Å². The van der Waals surface area contributed by atoms with Gasteiger partial charge in [-0.1, -0.05) is 57.1 Å². The topological polar surface area (TPSA) is 86.3 Å². The Labute approximate surface area is 203 Å². The van der Waals surface area contributed by atoms with Crippen LogP contribution < -0.4 is 4.74 Å². The first-order valence-electron chi connectivity index (χ1n) is 12.2. The normalized spacial score (nSPS) is 11.1. The van der Waals surface area contributed by atoms with Crippen molar-refractivity contribution in [1.29, 1.82) is 0 Å². The Morgan fingerprint density at radius 3 is 1.76 bits per heavy atom. The number of hydrogen-bond acceptors (Lipinski definition) is 6. The number of unbranched alkanes of at least 4 members (excludes halogenated alkanes) is 8.